The highest BCUT2D eigenvalue weighted by atomic mass is 32.2. The van der Waals surface area contributed by atoms with Gasteiger partial charge in [-0.25, -0.2) is 0 Å². The van der Waals surface area contributed by atoms with Gasteiger partial charge in [-0.1, -0.05) is 38.1 Å². The summed E-state index contributed by atoms with van der Waals surface area (Å²) in [6.45, 7) is 5.50. The highest BCUT2D eigenvalue weighted by Crippen LogP contribution is 2.21. The maximum Gasteiger partial charge on any atom is 0.0480 e. The van der Waals surface area contributed by atoms with Gasteiger partial charge in [-0.15, -0.1) is 0 Å². The van der Waals surface area contributed by atoms with Crippen LogP contribution in [0.2, 0.25) is 0 Å². The van der Waals surface area contributed by atoms with Crippen molar-refractivity contribution in [3.63, 3.8) is 0 Å². The van der Waals surface area contributed by atoms with Crippen molar-refractivity contribution in [3.05, 3.63) is 48.2 Å². The molecule has 0 bridgehead atoms. The normalized spacial score (nSPS) is 10.8. The van der Waals surface area contributed by atoms with Gasteiger partial charge in [0.2, 0.25) is 0 Å². The molecular weight excluding hydrogens is 238 g/mol. The number of aryl methyl sites for hydroxylation is 2. The third-order valence-electron chi connectivity index (χ3n) is 3.17. The Morgan fingerprint density at radius 2 is 1.83 bits per heavy atom. The third-order valence-corrected chi connectivity index (χ3v) is 4.05. The molecule has 0 fully saturated rings. The number of aromatic nitrogens is 1. The maximum atomic E-state index is 2.35. The maximum absolute atomic E-state index is 2.35. The van der Waals surface area contributed by atoms with Gasteiger partial charge in [-0.05, 0) is 35.4 Å². The van der Waals surface area contributed by atoms with Crippen LogP contribution in [0.1, 0.15) is 19.4 Å². The Morgan fingerprint density at radius 3 is 2.50 bits per heavy atom. The van der Waals surface area contributed by atoms with Crippen molar-refractivity contribution in [2.75, 3.05) is 11.5 Å². The lowest BCUT2D eigenvalue weighted by atomic mass is 10.1. The fraction of sp³-hybridized carbons (Fsp3) is 0.375. The van der Waals surface area contributed by atoms with Crippen molar-refractivity contribution in [3.8, 4) is 11.3 Å². The van der Waals surface area contributed by atoms with Crippen LogP contribution in [0.15, 0.2) is 42.6 Å². The van der Waals surface area contributed by atoms with Gasteiger partial charge in [0.05, 0.1) is 0 Å². The highest BCUT2D eigenvalue weighted by Gasteiger charge is 2.03. The standard InChI is InChI=1S/C16H21NS/c1-3-14-7-9-15(10-8-14)16-6-5-11-17(16)12-13-18-4-2/h5-11H,3-4,12-13H2,1-2H3. The molecule has 0 amide bonds. The summed E-state index contributed by atoms with van der Waals surface area (Å²) in [6, 6.07) is 13.3. The average molecular weight is 259 g/mol. The van der Waals surface area contributed by atoms with E-state index in [-0.39, 0.29) is 0 Å². The van der Waals surface area contributed by atoms with Crippen LogP contribution in [-0.4, -0.2) is 16.1 Å². The van der Waals surface area contributed by atoms with Crippen LogP contribution in [0.25, 0.3) is 11.3 Å². The SMILES string of the molecule is CCSCCn1cccc1-c1ccc(CC)cc1. The second-order valence-electron chi connectivity index (χ2n) is 4.33. The van der Waals surface area contributed by atoms with Gasteiger partial charge < -0.3 is 4.57 Å². The minimum Gasteiger partial charge on any atom is -0.347 e. The van der Waals surface area contributed by atoms with E-state index in [9.17, 15) is 0 Å². The van der Waals surface area contributed by atoms with Crippen LogP contribution in [0.3, 0.4) is 0 Å². The molecule has 0 atom stereocenters. The number of benzene rings is 1. The number of thioether (sulfide) groups is 1. The first-order chi connectivity index (χ1) is 8.85. The molecule has 0 aliphatic carbocycles. The van der Waals surface area contributed by atoms with E-state index in [4.69, 9.17) is 0 Å². The number of hydrogen-bond donors (Lipinski definition) is 0. The summed E-state index contributed by atoms with van der Waals surface area (Å²) in [6.07, 6.45) is 3.29. The zero-order valence-electron chi connectivity index (χ0n) is 11.2. The molecule has 2 heteroatoms. The lowest BCUT2D eigenvalue weighted by Crippen LogP contribution is -2.01. The van der Waals surface area contributed by atoms with Crippen molar-refractivity contribution in [2.24, 2.45) is 0 Å². The van der Waals surface area contributed by atoms with Gasteiger partial charge in [0.25, 0.3) is 0 Å². The van der Waals surface area contributed by atoms with E-state index >= 15 is 0 Å². The molecule has 1 heterocycles. The van der Waals surface area contributed by atoms with Crippen molar-refractivity contribution < 1.29 is 0 Å². The Hall–Kier alpha value is -1.15. The fourth-order valence-corrected chi connectivity index (χ4v) is 2.70. The van der Waals surface area contributed by atoms with E-state index in [0.29, 0.717) is 0 Å². The molecule has 0 saturated carbocycles. The number of nitrogens with zero attached hydrogens (tertiary/aromatic N) is 1. The van der Waals surface area contributed by atoms with Crippen molar-refractivity contribution in [1.29, 1.82) is 0 Å². The first kappa shape index (κ1) is 13.3. The first-order valence-electron chi connectivity index (χ1n) is 6.67. The summed E-state index contributed by atoms with van der Waals surface area (Å²) in [5.74, 6) is 2.38. The summed E-state index contributed by atoms with van der Waals surface area (Å²) in [5, 5.41) is 0. The van der Waals surface area contributed by atoms with Crippen LogP contribution in [0.4, 0.5) is 0 Å². The van der Waals surface area contributed by atoms with Crippen LogP contribution in [0.5, 0.6) is 0 Å². The highest BCUT2D eigenvalue weighted by molar-refractivity contribution is 7.99. The molecule has 96 valence electrons. The predicted octanol–water partition coefficient (Wildman–Crippen LogP) is 4.47. The van der Waals surface area contributed by atoms with E-state index in [1.165, 1.54) is 28.3 Å². The zero-order valence-corrected chi connectivity index (χ0v) is 12.0. The van der Waals surface area contributed by atoms with E-state index in [2.05, 4.69) is 61.0 Å². The summed E-state index contributed by atoms with van der Waals surface area (Å²) < 4.78 is 2.35. The lowest BCUT2D eigenvalue weighted by molar-refractivity contribution is 0.786. The summed E-state index contributed by atoms with van der Waals surface area (Å²) in [4.78, 5) is 0. The number of rotatable bonds is 6. The molecule has 1 nitrogen and oxygen atoms in total. The topological polar surface area (TPSA) is 4.93 Å². The molecule has 2 aromatic rings. The lowest BCUT2D eigenvalue weighted by Gasteiger charge is -2.09. The van der Waals surface area contributed by atoms with E-state index in [1.54, 1.807) is 0 Å². The molecule has 1 aromatic heterocycles. The van der Waals surface area contributed by atoms with Crippen LogP contribution in [-0.2, 0) is 13.0 Å². The molecule has 0 aliphatic rings. The Balaban J connectivity index is 2.14. The minimum absolute atomic E-state index is 1.09. The smallest absolute Gasteiger partial charge is 0.0480 e. The largest absolute Gasteiger partial charge is 0.347 e. The molecule has 2 rings (SSSR count). The molecule has 0 unspecified atom stereocenters. The third kappa shape index (κ3) is 3.20. The second-order valence-corrected chi connectivity index (χ2v) is 5.73. The predicted molar refractivity (Wildman–Crippen MR) is 82.2 cm³/mol. The van der Waals surface area contributed by atoms with Crippen molar-refractivity contribution in [1.82, 2.24) is 4.57 Å². The fourth-order valence-electron chi connectivity index (χ4n) is 2.09. The molecular formula is C16H21NS. The van der Waals surface area contributed by atoms with E-state index in [1.807, 2.05) is 11.8 Å². The van der Waals surface area contributed by atoms with Gasteiger partial charge in [-0.3, -0.25) is 0 Å². The van der Waals surface area contributed by atoms with Gasteiger partial charge in [0.15, 0.2) is 0 Å². The molecule has 0 radical (unpaired) electrons. The first-order valence-corrected chi connectivity index (χ1v) is 7.82. The molecule has 0 N–H and O–H groups in total. The average Bonchev–Trinajstić information content (AvgIpc) is 2.88. The van der Waals surface area contributed by atoms with Gasteiger partial charge >= 0.3 is 0 Å². The monoisotopic (exact) mass is 259 g/mol. The number of hydrogen-bond acceptors (Lipinski definition) is 1. The second kappa shape index (κ2) is 6.69. The Morgan fingerprint density at radius 1 is 1.06 bits per heavy atom. The van der Waals surface area contributed by atoms with E-state index in [0.717, 1.165) is 13.0 Å². The Kier molecular flexibility index (Phi) is 4.94. The molecule has 0 aliphatic heterocycles. The van der Waals surface area contributed by atoms with E-state index < -0.39 is 0 Å². The molecule has 0 saturated heterocycles. The molecule has 1 aromatic carbocycles. The van der Waals surface area contributed by atoms with Crippen molar-refractivity contribution >= 4 is 11.8 Å². The van der Waals surface area contributed by atoms with Gasteiger partial charge in [-0.2, -0.15) is 11.8 Å². The van der Waals surface area contributed by atoms with Gasteiger partial charge in [0.1, 0.15) is 0 Å². The summed E-state index contributed by atoms with van der Waals surface area (Å²) in [5.41, 5.74) is 4.05. The Labute approximate surface area is 114 Å². The molecule has 18 heavy (non-hydrogen) atoms. The quantitative estimate of drug-likeness (QED) is 0.693. The summed E-state index contributed by atoms with van der Waals surface area (Å²) >= 11 is 2.00. The summed E-state index contributed by atoms with van der Waals surface area (Å²) in [7, 11) is 0. The van der Waals surface area contributed by atoms with Gasteiger partial charge in [0, 0.05) is 24.2 Å². The van der Waals surface area contributed by atoms with Crippen LogP contribution >= 0.6 is 11.8 Å². The zero-order chi connectivity index (χ0) is 12.8. The Bertz CT molecular complexity index is 470. The molecule has 0 spiro atoms. The van der Waals surface area contributed by atoms with Crippen molar-refractivity contribution in [2.45, 2.75) is 26.8 Å². The van der Waals surface area contributed by atoms with Crippen LogP contribution < -0.4 is 0 Å². The van der Waals surface area contributed by atoms with Crippen LogP contribution in [0, 0.1) is 0 Å². The minimum atomic E-state index is 1.09.